The Morgan fingerprint density at radius 2 is 1.68 bits per heavy atom. The van der Waals surface area contributed by atoms with Gasteiger partial charge < -0.3 is 14.2 Å². The Bertz CT molecular complexity index is 445. The molecule has 0 aromatic heterocycles. The summed E-state index contributed by atoms with van der Waals surface area (Å²) in [5.74, 6) is 2.06. The van der Waals surface area contributed by atoms with Gasteiger partial charge in [-0.3, -0.25) is 0 Å². The van der Waals surface area contributed by atoms with Crippen LogP contribution in [0, 0.1) is 12.3 Å². The van der Waals surface area contributed by atoms with E-state index < -0.39 is 0 Å². The first-order valence-electron chi connectivity index (χ1n) is 6.43. The highest BCUT2D eigenvalue weighted by Gasteiger charge is 2.49. The van der Waals surface area contributed by atoms with Crippen LogP contribution in [0.25, 0.3) is 0 Å². The van der Waals surface area contributed by atoms with Crippen molar-refractivity contribution in [3.8, 4) is 17.2 Å². The van der Waals surface area contributed by atoms with Crippen molar-refractivity contribution in [2.75, 3.05) is 14.2 Å². The van der Waals surface area contributed by atoms with Gasteiger partial charge in [0.05, 0.1) is 14.2 Å². The van der Waals surface area contributed by atoms with Crippen LogP contribution >= 0.6 is 11.6 Å². The van der Waals surface area contributed by atoms with E-state index in [1.807, 2.05) is 19.1 Å². The van der Waals surface area contributed by atoms with Gasteiger partial charge in [0.15, 0.2) is 11.5 Å². The third-order valence-electron chi connectivity index (χ3n) is 3.92. The van der Waals surface area contributed by atoms with Crippen LogP contribution in [0.2, 0.25) is 0 Å². The number of hydrogen-bond donors (Lipinski definition) is 0. The highest BCUT2D eigenvalue weighted by atomic mass is 35.5. The second-order valence-electron chi connectivity index (χ2n) is 5.63. The first-order chi connectivity index (χ1) is 8.90. The molecular weight excluding hydrogens is 264 g/mol. The molecule has 4 heteroatoms. The number of hydrogen-bond acceptors (Lipinski definition) is 3. The van der Waals surface area contributed by atoms with Crippen molar-refractivity contribution < 1.29 is 14.2 Å². The Labute approximate surface area is 119 Å². The monoisotopic (exact) mass is 284 g/mol. The average molecular weight is 285 g/mol. The molecule has 2 rings (SSSR count). The summed E-state index contributed by atoms with van der Waals surface area (Å²) in [4.78, 5) is 0. The van der Waals surface area contributed by atoms with Gasteiger partial charge in [-0.15, -0.1) is 11.6 Å². The van der Waals surface area contributed by atoms with E-state index in [0.717, 1.165) is 12.0 Å². The number of aryl methyl sites for hydroxylation is 1. The molecule has 0 bridgehead atoms. The predicted octanol–water partition coefficient (Wildman–Crippen LogP) is 3.80. The minimum Gasteiger partial charge on any atom is -0.493 e. The Morgan fingerprint density at radius 1 is 1.16 bits per heavy atom. The van der Waals surface area contributed by atoms with Crippen LogP contribution in [0.1, 0.15) is 25.8 Å². The van der Waals surface area contributed by atoms with Gasteiger partial charge in [-0.25, -0.2) is 0 Å². The fraction of sp³-hybridized carbons (Fsp3) is 0.600. The number of alkyl halides is 1. The lowest BCUT2D eigenvalue weighted by Gasteiger charge is -2.48. The van der Waals surface area contributed by atoms with E-state index in [4.69, 9.17) is 25.8 Å². The van der Waals surface area contributed by atoms with E-state index in [1.165, 1.54) is 0 Å². The molecule has 0 radical (unpaired) electrons. The Morgan fingerprint density at radius 3 is 2.05 bits per heavy atom. The van der Waals surface area contributed by atoms with Gasteiger partial charge in [-0.2, -0.15) is 0 Å². The lowest BCUT2D eigenvalue weighted by Crippen LogP contribution is -2.53. The van der Waals surface area contributed by atoms with Crippen molar-refractivity contribution in [2.45, 2.75) is 38.7 Å². The molecule has 2 atom stereocenters. The largest absolute Gasteiger partial charge is 0.493 e. The molecule has 0 heterocycles. The number of rotatable bonds is 4. The van der Waals surface area contributed by atoms with Crippen LogP contribution in [-0.4, -0.2) is 25.7 Å². The highest BCUT2D eigenvalue weighted by molar-refractivity contribution is 6.21. The van der Waals surface area contributed by atoms with Gasteiger partial charge in [0.25, 0.3) is 0 Å². The Hall–Kier alpha value is -1.09. The fourth-order valence-electron chi connectivity index (χ4n) is 2.31. The predicted molar refractivity (Wildman–Crippen MR) is 76.7 cm³/mol. The summed E-state index contributed by atoms with van der Waals surface area (Å²) in [7, 11) is 3.27. The van der Waals surface area contributed by atoms with Crippen LogP contribution in [0.4, 0.5) is 0 Å². The van der Waals surface area contributed by atoms with E-state index in [2.05, 4.69) is 13.8 Å². The van der Waals surface area contributed by atoms with E-state index in [1.54, 1.807) is 14.2 Å². The topological polar surface area (TPSA) is 27.7 Å². The normalized spacial score (nSPS) is 24.5. The lowest BCUT2D eigenvalue weighted by molar-refractivity contribution is -0.0159. The molecule has 106 valence electrons. The summed E-state index contributed by atoms with van der Waals surface area (Å²) < 4.78 is 16.9. The molecule has 2 unspecified atom stereocenters. The fourth-order valence-corrected chi connectivity index (χ4v) is 2.61. The minimum absolute atomic E-state index is 0.0392. The van der Waals surface area contributed by atoms with E-state index in [9.17, 15) is 0 Å². The molecule has 0 aliphatic heterocycles. The van der Waals surface area contributed by atoms with Crippen LogP contribution in [0.5, 0.6) is 17.2 Å². The molecule has 0 spiro atoms. The summed E-state index contributed by atoms with van der Waals surface area (Å²) in [6.07, 6.45) is 0.926. The summed E-state index contributed by atoms with van der Waals surface area (Å²) in [5, 5.41) is 0.153. The zero-order valence-electron chi connectivity index (χ0n) is 12.1. The van der Waals surface area contributed by atoms with Crippen LogP contribution in [0.15, 0.2) is 12.1 Å². The Balaban J connectivity index is 2.29. The summed E-state index contributed by atoms with van der Waals surface area (Å²) in [5.41, 5.74) is 1.03. The van der Waals surface area contributed by atoms with Gasteiger partial charge in [0.2, 0.25) is 5.75 Å². The SMILES string of the molecule is COc1cc(C)cc(OC)c1OC1CC(Cl)C1(C)C. The van der Waals surface area contributed by atoms with Crippen molar-refractivity contribution in [1.29, 1.82) is 0 Å². The van der Waals surface area contributed by atoms with Gasteiger partial charge in [0.1, 0.15) is 6.10 Å². The maximum absolute atomic E-state index is 6.23. The quantitative estimate of drug-likeness (QED) is 0.787. The van der Waals surface area contributed by atoms with Gasteiger partial charge in [0, 0.05) is 17.2 Å². The van der Waals surface area contributed by atoms with Gasteiger partial charge in [-0.1, -0.05) is 13.8 Å². The number of benzene rings is 1. The second kappa shape index (κ2) is 5.12. The van der Waals surface area contributed by atoms with Crippen molar-refractivity contribution in [1.82, 2.24) is 0 Å². The van der Waals surface area contributed by atoms with E-state index >= 15 is 0 Å². The van der Waals surface area contributed by atoms with Gasteiger partial charge in [-0.05, 0) is 24.6 Å². The molecule has 19 heavy (non-hydrogen) atoms. The second-order valence-corrected chi connectivity index (χ2v) is 6.16. The molecule has 0 saturated heterocycles. The standard InChI is InChI=1S/C15H21ClO3/c1-9-6-10(17-4)14(11(7-9)18-5)19-13-8-12(16)15(13,2)3/h6-7,12-13H,8H2,1-5H3. The molecule has 1 saturated carbocycles. The maximum atomic E-state index is 6.23. The lowest BCUT2D eigenvalue weighted by atomic mass is 9.68. The Kier molecular flexibility index (Phi) is 3.86. The molecule has 0 amide bonds. The number of methoxy groups -OCH3 is 2. The molecular formula is C15H21ClO3. The summed E-state index contributed by atoms with van der Waals surface area (Å²) in [6.45, 7) is 6.23. The molecule has 1 aliphatic rings. The van der Waals surface area contributed by atoms with E-state index in [-0.39, 0.29) is 16.9 Å². The number of halogens is 1. The highest BCUT2D eigenvalue weighted by Crippen LogP contribution is 2.49. The van der Waals surface area contributed by atoms with Crippen molar-refractivity contribution >= 4 is 11.6 Å². The average Bonchev–Trinajstić information content (AvgIpc) is 2.39. The van der Waals surface area contributed by atoms with Crippen molar-refractivity contribution in [2.24, 2.45) is 5.41 Å². The third-order valence-corrected chi connectivity index (χ3v) is 4.66. The van der Waals surface area contributed by atoms with Crippen LogP contribution in [-0.2, 0) is 0 Å². The first kappa shape index (κ1) is 14.3. The molecule has 1 aromatic carbocycles. The van der Waals surface area contributed by atoms with Crippen LogP contribution < -0.4 is 14.2 Å². The minimum atomic E-state index is -0.0392. The molecule has 3 nitrogen and oxygen atoms in total. The molecule has 1 aromatic rings. The molecule has 1 fully saturated rings. The summed E-state index contributed by atoms with van der Waals surface area (Å²) >= 11 is 6.23. The van der Waals surface area contributed by atoms with E-state index in [0.29, 0.717) is 17.2 Å². The van der Waals surface area contributed by atoms with Crippen LogP contribution in [0.3, 0.4) is 0 Å². The summed E-state index contributed by atoms with van der Waals surface area (Å²) in [6, 6.07) is 3.89. The van der Waals surface area contributed by atoms with Crippen molar-refractivity contribution in [3.63, 3.8) is 0 Å². The zero-order chi connectivity index (χ0) is 14.2. The number of ether oxygens (including phenoxy) is 3. The third kappa shape index (κ3) is 2.48. The first-order valence-corrected chi connectivity index (χ1v) is 6.87. The smallest absolute Gasteiger partial charge is 0.203 e. The molecule has 1 aliphatic carbocycles. The van der Waals surface area contributed by atoms with Crippen molar-refractivity contribution in [3.05, 3.63) is 17.7 Å². The molecule has 0 N–H and O–H groups in total. The zero-order valence-corrected chi connectivity index (χ0v) is 12.9. The van der Waals surface area contributed by atoms with Gasteiger partial charge >= 0.3 is 0 Å². The maximum Gasteiger partial charge on any atom is 0.203 e.